The van der Waals surface area contributed by atoms with Crippen molar-refractivity contribution < 1.29 is 13.2 Å². The molecule has 0 radical (unpaired) electrons. The van der Waals surface area contributed by atoms with Crippen molar-refractivity contribution in [3.63, 3.8) is 0 Å². The molecule has 0 spiro atoms. The van der Waals surface area contributed by atoms with Crippen LogP contribution in [0.2, 0.25) is 0 Å². The summed E-state index contributed by atoms with van der Waals surface area (Å²) in [5.74, 6) is -0.266. The summed E-state index contributed by atoms with van der Waals surface area (Å²) in [6.45, 7) is 7.24. The topological polar surface area (TPSA) is 92.5 Å². The number of carbonyl (C=O) groups is 1. The Bertz CT molecular complexity index is 631. The molecule has 0 aliphatic heterocycles. The van der Waals surface area contributed by atoms with Crippen LogP contribution in [0.5, 0.6) is 0 Å². The van der Waals surface area contributed by atoms with Gasteiger partial charge in [-0.05, 0) is 44.0 Å². The SMILES string of the molecule is CCN(CC)S(=O)(=O)c1cc(C(=O)NCCCCN)ccc1C.Cl. The number of hydrogen-bond acceptors (Lipinski definition) is 4. The van der Waals surface area contributed by atoms with E-state index in [2.05, 4.69) is 5.32 Å². The Balaban J connectivity index is 0.00000529. The largest absolute Gasteiger partial charge is 0.352 e. The molecule has 1 amide bonds. The van der Waals surface area contributed by atoms with E-state index >= 15 is 0 Å². The lowest BCUT2D eigenvalue weighted by molar-refractivity contribution is 0.0953. The van der Waals surface area contributed by atoms with Gasteiger partial charge < -0.3 is 11.1 Å². The number of halogens is 1. The number of carbonyl (C=O) groups excluding carboxylic acids is 1. The van der Waals surface area contributed by atoms with Crippen LogP contribution in [0.25, 0.3) is 0 Å². The van der Waals surface area contributed by atoms with Crippen molar-refractivity contribution in [1.29, 1.82) is 0 Å². The van der Waals surface area contributed by atoms with E-state index in [0.29, 0.717) is 37.3 Å². The van der Waals surface area contributed by atoms with Crippen LogP contribution in [-0.2, 0) is 10.0 Å². The van der Waals surface area contributed by atoms with E-state index in [4.69, 9.17) is 5.73 Å². The van der Waals surface area contributed by atoms with Gasteiger partial charge in [0.15, 0.2) is 0 Å². The predicted molar refractivity (Wildman–Crippen MR) is 99.2 cm³/mol. The van der Waals surface area contributed by atoms with Crippen molar-refractivity contribution in [2.45, 2.75) is 38.5 Å². The van der Waals surface area contributed by atoms with Crippen molar-refractivity contribution >= 4 is 28.3 Å². The summed E-state index contributed by atoms with van der Waals surface area (Å²) in [4.78, 5) is 12.3. The van der Waals surface area contributed by atoms with Gasteiger partial charge in [-0.25, -0.2) is 8.42 Å². The van der Waals surface area contributed by atoms with Crippen molar-refractivity contribution in [3.05, 3.63) is 29.3 Å². The van der Waals surface area contributed by atoms with Crippen LogP contribution in [0.15, 0.2) is 23.1 Å². The molecule has 0 saturated heterocycles. The molecule has 24 heavy (non-hydrogen) atoms. The van der Waals surface area contributed by atoms with E-state index in [1.54, 1.807) is 32.9 Å². The van der Waals surface area contributed by atoms with Gasteiger partial charge in [-0.2, -0.15) is 4.31 Å². The fourth-order valence-electron chi connectivity index (χ4n) is 2.30. The minimum Gasteiger partial charge on any atom is -0.352 e. The van der Waals surface area contributed by atoms with Crippen LogP contribution < -0.4 is 11.1 Å². The van der Waals surface area contributed by atoms with E-state index in [-0.39, 0.29) is 23.2 Å². The van der Waals surface area contributed by atoms with Crippen molar-refractivity contribution in [3.8, 4) is 0 Å². The number of rotatable bonds is 9. The Hall–Kier alpha value is -1.15. The number of hydrogen-bond donors (Lipinski definition) is 2. The molecule has 0 unspecified atom stereocenters. The quantitative estimate of drug-likeness (QED) is 0.643. The Kier molecular flexibility index (Phi) is 10.1. The van der Waals surface area contributed by atoms with Gasteiger partial charge in [0, 0.05) is 25.2 Å². The monoisotopic (exact) mass is 377 g/mol. The molecule has 0 aromatic heterocycles. The maximum Gasteiger partial charge on any atom is 0.251 e. The molecule has 6 nitrogen and oxygen atoms in total. The van der Waals surface area contributed by atoms with E-state index in [1.807, 2.05) is 0 Å². The zero-order chi connectivity index (χ0) is 17.5. The molecule has 138 valence electrons. The van der Waals surface area contributed by atoms with E-state index < -0.39 is 10.0 Å². The second-order valence-electron chi connectivity index (χ2n) is 5.32. The van der Waals surface area contributed by atoms with Crippen LogP contribution in [0.1, 0.15) is 42.6 Å². The van der Waals surface area contributed by atoms with Crippen molar-refractivity contribution in [2.24, 2.45) is 5.73 Å². The Morgan fingerprint density at radius 3 is 2.38 bits per heavy atom. The van der Waals surface area contributed by atoms with Crippen LogP contribution in [0.4, 0.5) is 0 Å². The highest BCUT2D eigenvalue weighted by molar-refractivity contribution is 7.89. The number of sulfonamides is 1. The van der Waals surface area contributed by atoms with Crippen molar-refractivity contribution in [1.82, 2.24) is 9.62 Å². The third-order valence-electron chi connectivity index (χ3n) is 3.69. The lowest BCUT2D eigenvalue weighted by Gasteiger charge is -2.20. The predicted octanol–water partition coefficient (Wildman–Crippen LogP) is 1.92. The van der Waals surface area contributed by atoms with Crippen LogP contribution in [0, 0.1) is 6.92 Å². The van der Waals surface area contributed by atoms with Gasteiger partial charge in [-0.15, -0.1) is 12.4 Å². The van der Waals surface area contributed by atoms with Crippen LogP contribution in [-0.4, -0.2) is 44.8 Å². The molecule has 0 atom stereocenters. The lowest BCUT2D eigenvalue weighted by atomic mass is 10.1. The second kappa shape index (κ2) is 10.7. The van der Waals surface area contributed by atoms with Crippen LogP contribution in [0.3, 0.4) is 0 Å². The number of nitrogens with zero attached hydrogens (tertiary/aromatic N) is 1. The molecule has 1 rings (SSSR count). The highest BCUT2D eigenvalue weighted by atomic mass is 35.5. The van der Waals surface area contributed by atoms with Gasteiger partial charge in [0.1, 0.15) is 0 Å². The molecule has 0 saturated carbocycles. The van der Waals surface area contributed by atoms with Crippen molar-refractivity contribution in [2.75, 3.05) is 26.2 Å². The molecule has 1 aromatic carbocycles. The molecule has 0 fully saturated rings. The van der Waals surface area contributed by atoms with Crippen LogP contribution >= 0.6 is 12.4 Å². The average Bonchev–Trinajstić information content (AvgIpc) is 2.52. The maximum absolute atomic E-state index is 12.7. The van der Waals surface area contributed by atoms with Gasteiger partial charge in [-0.1, -0.05) is 19.9 Å². The van der Waals surface area contributed by atoms with Gasteiger partial charge in [0.05, 0.1) is 4.90 Å². The Morgan fingerprint density at radius 1 is 1.21 bits per heavy atom. The fraction of sp³-hybridized carbons (Fsp3) is 0.562. The summed E-state index contributed by atoms with van der Waals surface area (Å²) < 4.78 is 26.7. The fourth-order valence-corrected chi connectivity index (χ4v) is 4.00. The van der Waals surface area contributed by atoms with Gasteiger partial charge in [-0.3, -0.25) is 4.79 Å². The number of benzene rings is 1. The average molecular weight is 378 g/mol. The Labute approximate surface area is 151 Å². The first-order valence-electron chi connectivity index (χ1n) is 7.97. The maximum atomic E-state index is 12.7. The highest BCUT2D eigenvalue weighted by Gasteiger charge is 2.24. The highest BCUT2D eigenvalue weighted by Crippen LogP contribution is 2.21. The number of amides is 1. The smallest absolute Gasteiger partial charge is 0.251 e. The minimum atomic E-state index is -3.58. The summed E-state index contributed by atoms with van der Waals surface area (Å²) >= 11 is 0. The summed E-state index contributed by atoms with van der Waals surface area (Å²) in [6, 6.07) is 4.78. The second-order valence-corrected chi connectivity index (χ2v) is 7.23. The zero-order valence-corrected chi connectivity index (χ0v) is 16.2. The minimum absolute atomic E-state index is 0. The summed E-state index contributed by atoms with van der Waals surface area (Å²) in [7, 11) is -3.58. The number of nitrogens with one attached hydrogen (secondary N) is 1. The van der Waals surface area contributed by atoms with E-state index in [9.17, 15) is 13.2 Å². The number of nitrogens with two attached hydrogens (primary N) is 1. The summed E-state index contributed by atoms with van der Waals surface area (Å²) in [5.41, 5.74) is 6.40. The molecule has 0 aliphatic carbocycles. The zero-order valence-electron chi connectivity index (χ0n) is 14.5. The first-order valence-corrected chi connectivity index (χ1v) is 9.41. The van der Waals surface area contributed by atoms with Gasteiger partial charge in [0.25, 0.3) is 5.91 Å². The molecular weight excluding hydrogens is 350 g/mol. The summed E-state index contributed by atoms with van der Waals surface area (Å²) in [5, 5.41) is 2.79. The first-order chi connectivity index (χ1) is 10.9. The third kappa shape index (κ3) is 5.73. The molecule has 0 aliphatic rings. The summed E-state index contributed by atoms with van der Waals surface area (Å²) in [6.07, 6.45) is 1.65. The normalized spacial score (nSPS) is 11.2. The number of aryl methyl sites for hydroxylation is 1. The molecule has 3 N–H and O–H groups in total. The van der Waals surface area contributed by atoms with Gasteiger partial charge in [0.2, 0.25) is 10.0 Å². The van der Waals surface area contributed by atoms with E-state index in [0.717, 1.165) is 12.8 Å². The molecule has 0 bridgehead atoms. The first kappa shape index (κ1) is 22.9. The number of unbranched alkanes of at least 4 members (excludes halogenated alkanes) is 1. The Morgan fingerprint density at radius 2 is 1.83 bits per heavy atom. The molecule has 1 aromatic rings. The molecular formula is C16H28ClN3O3S. The third-order valence-corrected chi connectivity index (χ3v) is 5.88. The van der Waals surface area contributed by atoms with E-state index in [1.165, 1.54) is 10.4 Å². The molecule has 8 heteroatoms. The molecule has 0 heterocycles. The van der Waals surface area contributed by atoms with Gasteiger partial charge >= 0.3 is 0 Å². The lowest BCUT2D eigenvalue weighted by Crippen LogP contribution is -2.31. The standard InChI is InChI=1S/C16H27N3O3S.ClH/c1-4-19(5-2)23(21,22)15-12-14(9-8-13(15)3)16(20)18-11-7-6-10-17;/h8-9,12H,4-7,10-11,17H2,1-3H3,(H,18,20);1H.